The van der Waals surface area contributed by atoms with Crippen LogP contribution in [-0.2, 0) is 0 Å². The second-order valence-electron chi connectivity index (χ2n) is 8.31. The fourth-order valence-electron chi connectivity index (χ4n) is 4.64. The van der Waals surface area contributed by atoms with Gasteiger partial charge in [-0.1, -0.05) is 20.8 Å². The van der Waals surface area contributed by atoms with Crippen molar-refractivity contribution in [3.8, 4) is 0 Å². The van der Waals surface area contributed by atoms with Crippen LogP contribution in [0.1, 0.15) is 52.9 Å². The van der Waals surface area contributed by atoms with Crippen molar-refractivity contribution in [3.05, 3.63) is 0 Å². The summed E-state index contributed by atoms with van der Waals surface area (Å²) in [7, 11) is 0. The van der Waals surface area contributed by atoms with Crippen LogP contribution >= 0.6 is 0 Å². The van der Waals surface area contributed by atoms with Gasteiger partial charge in [0.2, 0.25) is 0 Å². The first kappa shape index (κ1) is 14.8. The van der Waals surface area contributed by atoms with E-state index in [1.165, 1.54) is 58.3 Å². The fourth-order valence-corrected chi connectivity index (χ4v) is 4.64. The Kier molecular flexibility index (Phi) is 4.40. The molecule has 116 valence electrons. The molecular formula is C17H33N3. The topological polar surface area (TPSA) is 27.3 Å². The zero-order valence-corrected chi connectivity index (χ0v) is 13.6. The van der Waals surface area contributed by atoms with Crippen molar-refractivity contribution in [3.63, 3.8) is 0 Å². The summed E-state index contributed by atoms with van der Waals surface area (Å²) < 4.78 is 0. The number of hydrogen-bond donors (Lipinski definition) is 2. The monoisotopic (exact) mass is 279 g/mol. The first-order valence-electron chi connectivity index (χ1n) is 8.75. The number of fused-ring (bicyclic) bond motifs is 1. The molecule has 0 radical (unpaired) electrons. The third-order valence-corrected chi connectivity index (χ3v) is 5.76. The molecule has 0 bridgehead atoms. The van der Waals surface area contributed by atoms with Gasteiger partial charge in [0.25, 0.3) is 0 Å². The maximum Gasteiger partial charge on any atom is 0.0629 e. The van der Waals surface area contributed by atoms with Crippen LogP contribution in [0.2, 0.25) is 0 Å². The van der Waals surface area contributed by atoms with E-state index in [2.05, 4.69) is 36.3 Å². The first-order chi connectivity index (χ1) is 9.55. The standard InChI is InChI=1S/C17H33N3/c1-17(2,3)15-11-14-5-4-8-19-16(14)20(15)12-13-6-9-18-10-7-13/h13-16,18-19H,4-12H2,1-3H3. The fraction of sp³-hybridized carbons (Fsp3) is 1.00. The minimum atomic E-state index is 0.409. The quantitative estimate of drug-likeness (QED) is 0.813. The summed E-state index contributed by atoms with van der Waals surface area (Å²) in [4.78, 5) is 2.86. The van der Waals surface area contributed by atoms with Crippen LogP contribution in [0.5, 0.6) is 0 Å². The van der Waals surface area contributed by atoms with Crippen LogP contribution in [0.3, 0.4) is 0 Å². The Morgan fingerprint density at radius 3 is 2.50 bits per heavy atom. The van der Waals surface area contributed by atoms with E-state index in [1.54, 1.807) is 0 Å². The lowest BCUT2D eigenvalue weighted by molar-refractivity contribution is 0.0604. The molecule has 0 aromatic rings. The third kappa shape index (κ3) is 3.05. The number of hydrogen-bond acceptors (Lipinski definition) is 3. The molecule has 3 heterocycles. The van der Waals surface area contributed by atoms with Crippen LogP contribution in [-0.4, -0.2) is 43.3 Å². The number of rotatable bonds is 2. The van der Waals surface area contributed by atoms with E-state index in [1.807, 2.05) is 0 Å². The highest BCUT2D eigenvalue weighted by Crippen LogP contribution is 2.42. The van der Waals surface area contributed by atoms with Gasteiger partial charge in [-0.2, -0.15) is 0 Å². The van der Waals surface area contributed by atoms with E-state index in [0.29, 0.717) is 11.6 Å². The molecule has 3 heteroatoms. The number of piperidine rings is 2. The summed E-state index contributed by atoms with van der Waals surface area (Å²) in [6.07, 6.45) is 7.62. The van der Waals surface area contributed by atoms with Gasteiger partial charge in [0.1, 0.15) is 0 Å². The van der Waals surface area contributed by atoms with Crippen LogP contribution in [0.4, 0.5) is 0 Å². The van der Waals surface area contributed by atoms with Crippen molar-refractivity contribution in [2.45, 2.75) is 65.1 Å². The van der Waals surface area contributed by atoms with Crippen LogP contribution in [0, 0.1) is 17.3 Å². The Morgan fingerprint density at radius 2 is 1.80 bits per heavy atom. The predicted octanol–water partition coefficient (Wildman–Crippen LogP) is 2.43. The average molecular weight is 279 g/mol. The molecule has 3 unspecified atom stereocenters. The lowest BCUT2D eigenvalue weighted by Crippen LogP contribution is -2.53. The molecule has 3 saturated heterocycles. The molecule has 3 aliphatic heterocycles. The molecule has 3 rings (SSSR count). The summed E-state index contributed by atoms with van der Waals surface area (Å²) in [5, 5.41) is 7.34. The number of nitrogens with one attached hydrogen (secondary N) is 2. The molecule has 0 saturated carbocycles. The van der Waals surface area contributed by atoms with Crippen LogP contribution < -0.4 is 10.6 Å². The highest BCUT2D eigenvalue weighted by atomic mass is 15.3. The van der Waals surface area contributed by atoms with Crippen molar-refractivity contribution in [1.29, 1.82) is 0 Å². The molecule has 3 aliphatic rings. The molecule has 3 fully saturated rings. The molecule has 0 aromatic carbocycles. The second-order valence-corrected chi connectivity index (χ2v) is 8.31. The molecular weight excluding hydrogens is 246 g/mol. The Balaban J connectivity index is 1.72. The van der Waals surface area contributed by atoms with Gasteiger partial charge in [0.05, 0.1) is 6.17 Å². The number of likely N-dealkylation sites (tertiary alicyclic amines) is 1. The Hall–Kier alpha value is -0.120. The lowest BCUT2D eigenvalue weighted by atomic mass is 9.82. The van der Waals surface area contributed by atoms with Crippen molar-refractivity contribution < 1.29 is 0 Å². The van der Waals surface area contributed by atoms with E-state index in [4.69, 9.17) is 0 Å². The van der Waals surface area contributed by atoms with Crippen LogP contribution in [0.15, 0.2) is 0 Å². The Bertz CT molecular complexity index is 317. The molecule has 0 aromatic heterocycles. The molecule has 3 nitrogen and oxygen atoms in total. The number of nitrogens with zero attached hydrogens (tertiary/aromatic N) is 1. The summed E-state index contributed by atoms with van der Waals surface area (Å²) in [5.41, 5.74) is 0.409. The molecule has 0 spiro atoms. The summed E-state index contributed by atoms with van der Waals surface area (Å²) in [6.45, 7) is 12.3. The Morgan fingerprint density at radius 1 is 1.05 bits per heavy atom. The summed E-state index contributed by atoms with van der Waals surface area (Å²) in [6, 6.07) is 0.762. The van der Waals surface area contributed by atoms with Gasteiger partial charge < -0.3 is 10.6 Å². The summed E-state index contributed by atoms with van der Waals surface area (Å²) in [5.74, 6) is 1.80. The normalized spacial score (nSPS) is 37.0. The average Bonchev–Trinajstić information content (AvgIpc) is 2.79. The van der Waals surface area contributed by atoms with Gasteiger partial charge in [0, 0.05) is 12.6 Å². The van der Waals surface area contributed by atoms with Crippen molar-refractivity contribution in [2.75, 3.05) is 26.2 Å². The maximum atomic E-state index is 3.83. The van der Waals surface area contributed by atoms with Gasteiger partial charge in [-0.05, 0) is 69.0 Å². The minimum Gasteiger partial charge on any atom is -0.317 e. The molecule has 0 aliphatic carbocycles. The molecule has 2 N–H and O–H groups in total. The summed E-state index contributed by atoms with van der Waals surface area (Å²) >= 11 is 0. The van der Waals surface area contributed by atoms with Crippen molar-refractivity contribution in [2.24, 2.45) is 17.3 Å². The van der Waals surface area contributed by atoms with Gasteiger partial charge in [-0.3, -0.25) is 4.90 Å². The van der Waals surface area contributed by atoms with E-state index in [-0.39, 0.29) is 0 Å². The minimum absolute atomic E-state index is 0.409. The maximum absolute atomic E-state index is 3.83. The predicted molar refractivity (Wildman–Crippen MR) is 84.7 cm³/mol. The van der Waals surface area contributed by atoms with E-state index < -0.39 is 0 Å². The zero-order valence-electron chi connectivity index (χ0n) is 13.6. The Labute approximate surface area is 124 Å². The van der Waals surface area contributed by atoms with Gasteiger partial charge >= 0.3 is 0 Å². The zero-order chi connectivity index (χ0) is 14.2. The molecule has 0 amide bonds. The third-order valence-electron chi connectivity index (χ3n) is 5.76. The SMILES string of the molecule is CC(C)(C)C1CC2CCCNC2N1CC1CCNCC1. The molecule has 3 atom stereocenters. The lowest BCUT2D eigenvalue weighted by Gasteiger charge is -2.41. The van der Waals surface area contributed by atoms with Gasteiger partial charge in [-0.15, -0.1) is 0 Å². The highest BCUT2D eigenvalue weighted by Gasteiger charge is 2.46. The van der Waals surface area contributed by atoms with Crippen molar-refractivity contribution >= 4 is 0 Å². The molecule has 20 heavy (non-hydrogen) atoms. The van der Waals surface area contributed by atoms with E-state index in [0.717, 1.165) is 17.9 Å². The largest absolute Gasteiger partial charge is 0.317 e. The smallest absolute Gasteiger partial charge is 0.0629 e. The second kappa shape index (κ2) is 5.94. The van der Waals surface area contributed by atoms with E-state index >= 15 is 0 Å². The first-order valence-corrected chi connectivity index (χ1v) is 8.75. The van der Waals surface area contributed by atoms with Gasteiger partial charge in [0.15, 0.2) is 0 Å². The van der Waals surface area contributed by atoms with Crippen LogP contribution in [0.25, 0.3) is 0 Å². The van der Waals surface area contributed by atoms with E-state index in [9.17, 15) is 0 Å². The van der Waals surface area contributed by atoms with Gasteiger partial charge in [-0.25, -0.2) is 0 Å². The van der Waals surface area contributed by atoms with Crippen molar-refractivity contribution in [1.82, 2.24) is 15.5 Å². The highest BCUT2D eigenvalue weighted by molar-refractivity contribution is 4.99.